The number of hydrogen-bond donors (Lipinski definition) is 2. The molecule has 0 atom stereocenters. The zero-order valence-corrected chi connectivity index (χ0v) is 17.4. The number of nitrogens with zero attached hydrogens (tertiary/aromatic N) is 2. The van der Waals surface area contributed by atoms with E-state index in [0.29, 0.717) is 16.4 Å². The van der Waals surface area contributed by atoms with Crippen molar-refractivity contribution in [3.8, 4) is 11.3 Å². The van der Waals surface area contributed by atoms with E-state index in [9.17, 15) is 9.59 Å². The second kappa shape index (κ2) is 9.09. The molecule has 1 fully saturated rings. The van der Waals surface area contributed by atoms with Crippen LogP contribution in [0.3, 0.4) is 0 Å². The number of anilines is 1. The number of thioether (sulfide) groups is 1. The molecule has 0 unspecified atom stereocenters. The number of aryl methyl sites for hydroxylation is 1. The van der Waals surface area contributed by atoms with Crippen molar-refractivity contribution in [2.75, 3.05) is 11.1 Å². The van der Waals surface area contributed by atoms with E-state index >= 15 is 0 Å². The molecule has 2 N–H and O–H groups in total. The summed E-state index contributed by atoms with van der Waals surface area (Å²) in [5, 5.41) is 6.34. The van der Waals surface area contributed by atoms with Crippen LogP contribution in [0, 0.1) is 6.92 Å². The van der Waals surface area contributed by atoms with Gasteiger partial charge >= 0.3 is 0 Å². The summed E-state index contributed by atoms with van der Waals surface area (Å²) in [7, 11) is 0. The monoisotopic (exact) mass is 418 g/mol. The summed E-state index contributed by atoms with van der Waals surface area (Å²) < 4.78 is 0. The van der Waals surface area contributed by atoms with Crippen LogP contribution in [0.4, 0.5) is 5.69 Å². The van der Waals surface area contributed by atoms with E-state index in [1.165, 1.54) is 11.8 Å². The fourth-order valence-corrected chi connectivity index (χ4v) is 3.66. The average Bonchev–Trinajstić information content (AvgIpc) is 3.57. The lowest BCUT2D eigenvalue weighted by Crippen LogP contribution is -2.27. The van der Waals surface area contributed by atoms with Gasteiger partial charge in [0.25, 0.3) is 5.91 Å². The summed E-state index contributed by atoms with van der Waals surface area (Å²) in [6.07, 6.45) is 2.02. The standard InChI is InChI=1S/C23H22N4O2S/c1-15-13-20(16-7-3-2-4-8-16)27-23(24-15)30-14-21(28)26-19-10-6-5-9-18(19)22(29)25-17-11-12-17/h2-10,13,17H,11-12,14H2,1H3,(H,25,29)(H,26,28). The van der Waals surface area contributed by atoms with Crippen LogP contribution in [0.2, 0.25) is 0 Å². The fourth-order valence-electron chi connectivity index (χ4n) is 2.96. The molecular weight excluding hydrogens is 396 g/mol. The Hall–Kier alpha value is -3.19. The van der Waals surface area contributed by atoms with Gasteiger partial charge in [0.1, 0.15) is 0 Å². The number of amides is 2. The number of carbonyl (C=O) groups excluding carboxylic acids is 2. The van der Waals surface area contributed by atoms with E-state index in [4.69, 9.17) is 0 Å². The quantitative estimate of drug-likeness (QED) is 0.446. The van der Waals surface area contributed by atoms with Gasteiger partial charge in [-0.05, 0) is 38.0 Å². The van der Waals surface area contributed by atoms with Gasteiger partial charge in [0.05, 0.1) is 22.7 Å². The Kier molecular flexibility index (Phi) is 6.09. The van der Waals surface area contributed by atoms with Crippen molar-refractivity contribution in [3.63, 3.8) is 0 Å². The van der Waals surface area contributed by atoms with E-state index in [0.717, 1.165) is 29.8 Å². The van der Waals surface area contributed by atoms with Crippen LogP contribution >= 0.6 is 11.8 Å². The smallest absolute Gasteiger partial charge is 0.253 e. The highest BCUT2D eigenvalue weighted by Crippen LogP contribution is 2.23. The second-order valence-corrected chi connectivity index (χ2v) is 8.12. The molecule has 2 aromatic carbocycles. The van der Waals surface area contributed by atoms with Crippen molar-refractivity contribution in [2.45, 2.75) is 31.0 Å². The molecule has 0 radical (unpaired) electrons. The molecule has 6 nitrogen and oxygen atoms in total. The third-order valence-electron chi connectivity index (χ3n) is 4.59. The number of para-hydroxylation sites is 1. The molecule has 1 aromatic heterocycles. The Morgan fingerprint density at radius 1 is 1.03 bits per heavy atom. The third-order valence-corrected chi connectivity index (χ3v) is 5.44. The van der Waals surface area contributed by atoms with E-state index in [1.807, 2.05) is 43.3 Å². The number of hydrogen-bond acceptors (Lipinski definition) is 5. The van der Waals surface area contributed by atoms with Crippen LogP contribution < -0.4 is 10.6 Å². The molecule has 0 aliphatic heterocycles. The zero-order chi connectivity index (χ0) is 20.9. The summed E-state index contributed by atoms with van der Waals surface area (Å²) in [4.78, 5) is 33.9. The summed E-state index contributed by atoms with van der Waals surface area (Å²) in [5.41, 5.74) is 3.66. The minimum absolute atomic E-state index is 0.149. The summed E-state index contributed by atoms with van der Waals surface area (Å²) in [6.45, 7) is 1.91. The van der Waals surface area contributed by atoms with Gasteiger partial charge in [0.15, 0.2) is 5.16 Å². The predicted molar refractivity (Wildman–Crippen MR) is 118 cm³/mol. The summed E-state index contributed by atoms with van der Waals surface area (Å²) >= 11 is 1.27. The molecule has 1 aliphatic carbocycles. The van der Waals surface area contributed by atoms with Crippen molar-refractivity contribution in [3.05, 3.63) is 71.9 Å². The number of aromatic nitrogens is 2. The predicted octanol–water partition coefficient (Wildman–Crippen LogP) is 4.08. The van der Waals surface area contributed by atoms with Gasteiger partial charge in [-0.3, -0.25) is 9.59 Å². The van der Waals surface area contributed by atoms with Gasteiger partial charge in [0, 0.05) is 17.3 Å². The van der Waals surface area contributed by atoms with Gasteiger partial charge < -0.3 is 10.6 Å². The van der Waals surface area contributed by atoms with Crippen LogP contribution in [0.15, 0.2) is 65.8 Å². The minimum atomic E-state index is -0.210. The maximum Gasteiger partial charge on any atom is 0.253 e. The SMILES string of the molecule is Cc1cc(-c2ccccc2)nc(SCC(=O)Nc2ccccc2C(=O)NC2CC2)n1. The molecule has 0 spiro atoms. The first-order valence-corrected chi connectivity index (χ1v) is 10.8. The maximum absolute atomic E-state index is 12.5. The first-order chi connectivity index (χ1) is 14.6. The van der Waals surface area contributed by atoms with Crippen LogP contribution in [0.25, 0.3) is 11.3 Å². The largest absolute Gasteiger partial charge is 0.349 e. The molecule has 4 rings (SSSR count). The Labute approximate surface area is 179 Å². The number of nitrogens with one attached hydrogen (secondary N) is 2. The Morgan fingerprint density at radius 3 is 2.53 bits per heavy atom. The number of benzene rings is 2. The van der Waals surface area contributed by atoms with Crippen molar-refractivity contribution in [1.29, 1.82) is 0 Å². The van der Waals surface area contributed by atoms with Gasteiger partial charge in [-0.25, -0.2) is 9.97 Å². The molecule has 2 amide bonds. The Morgan fingerprint density at radius 2 is 1.77 bits per heavy atom. The lowest BCUT2D eigenvalue weighted by atomic mass is 10.1. The molecule has 3 aromatic rings. The van der Waals surface area contributed by atoms with E-state index in [-0.39, 0.29) is 23.6 Å². The molecule has 1 aliphatic rings. The van der Waals surface area contributed by atoms with Crippen LogP contribution in [-0.4, -0.2) is 33.6 Å². The normalized spacial score (nSPS) is 13.0. The third kappa shape index (κ3) is 5.24. The van der Waals surface area contributed by atoms with Crippen LogP contribution in [0.5, 0.6) is 0 Å². The number of rotatable bonds is 7. The number of carbonyl (C=O) groups is 2. The first kappa shape index (κ1) is 20.1. The van der Waals surface area contributed by atoms with E-state index in [1.54, 1.807) is 24.3 Å². The lowest BCUT2D eigenvalue weighted by Gasteiger charge is -2.11. The molecule has 30 heavy (non-hydrogen) atoms. The lowest BCUT2D eigenvalue weighted by molar-refractivity contribution is -0.113. The highest BCUT2D eigenvalue weighted by Gasteiger charge is 2.25. The maximum atomic E-state index is 12.5. The van der Waals surface area contributed by atoms with Crippen molar-refractivity contribution in [2.24, 2.45) is 0 Å². The molecule has 7 heteroatoms. The first-order valence-electron chi connectivity index (χ1n) is 9.82. The summed E-state index contributed by atoms with van der Waals surface area (Å²) in [5.74, 6) is -0.218. The van der Waals surface area contributed by atoms with Crippen LogP contribution in [-0.2, 0) is 4.79 Å². The average molecular weight is 419 g/mol. The highest BCUT2D eigenvalue weighted by atomic mass is 32.2. The van der Waals surface area contributed by atoms with Gasteiger partial charge in [-0.2, -0.15) is 0 Å². The van der Waals surface area contributed by atoms with Gasteiger partial charge in [-0.1, -0.05) is 54.2 Å². The van der Waals surface area contributed by atoms with Crippen molar-refractivity contribution >= 4 is 29.3 Å². The van der Waals surface area contributed by atoms with E-state index in [2.05, 4.69) is 20.6 Å². The Balaban J connectivity index is 1.41. The molecule has 1 heterocycles. The van der Waals surface area contributed by atoms with Crippen molar-refractivity contribution in [1.82, 2.24) is 15.3 Å². The van der Waals surface area contributed by atoms with Gasteiger partial charge in [-0.15, -0.1) is 0 Å². The van der Waals surface area contributed by atoms with E-state index < -0.39 is 0 Å². The molecule has 1 saturated carbocycles. The second-order valence-electron chi connectivity index (χ2n) is 7.17. The molecule has 0 bridgehead atoms. The zero-order valence-electron chi connectivity index (χ0n) is 16.6. The Bertz CT molecular complexity index is 1070. The topological polar surface area (TPSA) is 84.0 Å². The minimum Gasteiger partial charge on any atom is -0.349 e. The molecule has 0 saturated heterocycles. The molecule has 152 valence electrons. The van der Waals surface area contributed by atoms with Crippen LogP contribution in [0.1, 0.15) is 28.9 Å². The fraction of sp³-hybridized carbons (Fsp3) is 0.217. The van der Waals surface area contributed by atoms with Crippen molar-refractivity contribution < 1.29 is 9.59 Å². The van der Waals surface area contributed by atoms with Gasteiger partial charge in [0.2, 0.25) is 5.91 Å². The highest BCUT2D eigenvalue weighted by molar-refractivity contribution is 7.99. The molecular formula is C23H22N4O2S. The summed E-state index contributed by atoms with van der Waals surface area (Å²) in [6, 6.07) is 19.1.